The number of carboxylic acid groups (broad SMARTS) is 2. The van der Waals surface area contributed by atoms with Gasteiger partial charge in [0.2, 0.25) is 5.91 Å². The summed E-state index contributed by atoms with van der Waals surface area (Å²) in [5.74, 6) is -3.64. The third kappa shape index (κ3) is 10.2. The topological polar surface area (TPSA) is 142 Å². The van der Waals surface area contributed by atoms with E-state index in [-0.39, 0.29) is 18.1 Å². The fourth-order valence-corrected chi connectivity index (χ4v) is 3.77. The van der Waals surface area contributed by atoms with Gasteiger partial charge in [-0.25, -0.2) is 9.59 Å². The smallest absolute Gasteiger partial charge is 0.475 e. The number of aromatic nitrogens is 1. The van der Waals surface area contributed by atoms with Gasteiger partial charge in [-0.15, -0.1) is 0 Å². The first-order valence-corrected chi connectivity index (χ1v) is 11.3. The molecule has 216 valence electrons. The molecule has 2 aliphatic rings. The van der Waals surface area contributed by atoms with Crippen LogP contribution in [0.4, 0.5) is 26.3 Å². The molecule has 2 aromatic rings. The molecule has 3 atom stereocenters. The average molecular weight is 569 g/mol. The molecule has 39 heavy (non-hydrogen) atoms. The number of nitrogens with one attached hydrogen (secondary N) is 1. The largest absolute Gasteiger partial charge is 0.490 e. The lowest BCUT2D eigenvalue weighted by Gasteiger charge is -2.21. The van der Waals surface area contributed by atoms with Crippen LogP contribution in [0.2, 0.25) is 0 Å². The first kappa shape index (κ1) is 31.6. The van der Waals surface area contributed by atoms with E-state index < -0.39 is 24.3 Å². The minimum atomic E-state index is -5.08. The molecular formula is C23H25F6N3O7. The number of halogens is 6. The van der Waals surface area contributed by atoms with Crippen molar-refractivity contribution in [3.05, 3.63) is 53.7 Å². The van der Waals surface area contributed by atoms with E-state index in [0.717, 1.165) is 43.0 Å². The molecule has 0 saturated carbocycles. The molecule has 0 unspecified atom stereocenters. The molecular weight excluding hydrogens is 544 g/mol. The number of fused-ring (bicyclic) bond motifs is 1. The lowest BCUT2D eigenvalue weighted by atomic mass is 10.1. The molecule has 3 N–H and O–H groups in total. The monoisotopic (exact) mass is 569 g/mol. The minimum absolute atomic E-state index is 0.0351. The number of hydrogen-bond donors (Lipinski definition) is 3. The number of aliphatic carboxylic acids is 2. The van der Waals surface area contributed by atoms with Gasteiger partial charge in [-0.05, 0) is 37.1 Å². The second kappa shape index (κ2) is 13.4. The number of carboxylic acids is 2. The number of rotatable bonds is 5. The molecule has 0 bridgehead atoms. The molecule has 1 amide bonds. The van der Waals surface area contributed by atoms with Gasteiger partial charge in [-0.3, -0.25) is 14.7 Å². The first-order valence-electron chi connectivity index (χ1n) is 11.3. The Labute approximate surface area is 217 Å². The van der Waals surface area contributed by atoms with Crippen molar-refractivity contribution >= 4 is 17.8 Å². The summed E-state index contributed by atoms with van der Waals surface area (Å²) < 4.78 is 75.2. The highest BCUT2D eigenvalue weighted by molar-refractivity contribution is 5.81. The average Bonchev–Trinajstić information content (AvgIpc) is 3.55. The Balaban J connectivity index is 0.000000317. The zero-order chi connectivity index (χ0) is 29.4. The maximum absolute atomic E-state index is 12.4. The lowest BCUT2D eigenvalue weighted by molar-refractivity contribution is -0.193. The Morgan fingerprint density at radius 3 is 2.18 bits per heavy atom. The van der Waals surface area contributed by atoms with Crippen LogP contribution in [0.3, 0.4) is 0 Å². The van der Waals surface area contributed by atoms with Crippen LogP contribution in [0.1, 0.15) is 29.9 Å². The van der Waals surface area contributed by atoms with Crippen LogP contribution in [0.5, 0.6) is 0 Å². The molecule has 2 fully saturated rings. The number of carbonyl (C=O) groups is 3. The minimum Gasteiger partial charge on any atom is -0.475 e. The van der Waals surface area contributed by atoms with E-state index in [0.29, 0.717) is 12.6 Å². The lowest BCUT2D eigenvalue weighted by Crippen LogP contribution is -2.36. The standard InChI is InChI=1S/C19H23N3O3.2C2HF3O2/c1-13-4-5-15(24-13)12-22-8-6-17-16(22)9-18(25-17)19(23)21-11-14-3-2-7-20-10-14;2*3-2(4,5)1(6)7/h2-5,7,10,16-18H,6,8-9,11-12H2,1H3,(H,21,23);2*(H,6,7)/t16-,17-,18+;;/m1../s1. The van der Waals surface area contributed by atoms with E-state index in [9.17, 15) is 31.1 Å². The molecule has 4 heterocycles. The van der Waals surface area contributed by atoms with Crippen molar-refractivity contribution < 1.29 is 60.1 Å². The van der Waals surface area contributed by atoms with Gasteiger partial charge in [0.05, 0.1) is 12.6 Å². The Kier molecular flexibility index (Phi) is 10.9. The van der Waals surface area contributed by atoms with E-state index in [1.54, 1.807) is 12.4 Å². The molecule has 0 aliphatic carbocycles. The summed E-state index contributed by atoms with van der Waals surface area (Å²) in [5, 5.41) is 17.2. The van der Waals surface area contributed by atoms with Crippen LogP contribution in [0, 0.1) is 6.92 Å². The fourth-order valence-electron chi connectivity index (χ4n) is 3.77. The van der Waals surface area contributed by atoms with Gasteiger partial charge in [0, 0.05) is 37.9 Å². The van der Waals surface area contributed by atoms with Gasteiger partial charge in [0.25, 0.3) is 0 Å². The SMILES string of the molecule is Cc1ccc(CN2CC[C@H]3O[C@H](C(=O)NCc4cccnc4)C[C@H]32)o1.O=C(O)C(F)(F)F.O=C(O)C(F)(F)F. The third-order valence-corrected chi connectivity index (χ3v) is 5.52. The highest BCUT2D eigenvalue weighted by atomic mass is 19.4. The Hall–Kier alpha value is -3.66. The highest BCUT2D eigenvalue weighted by Gasteiger charge is 2.45. The maximum Gasteiger partial charge on any atom is 0.490 e. The maximum atomic E-state index is 12.4. The van der Waals surface area contributed by atoms with Crippen LogP contribution < -0.4 is 5.32 Å². The van der Waals surface area contributed by atoms with Crippen LogP contribution in [0.25, 0.3) is 0 Å². The summed E-state index contributed by atoms with van der Waals surface area (Å²) in [6.07, 6.45) is -5.20. The molecule has 16 heteroatoms. The number of carbonyl (C=O) groups excluding carboxylic acids is 1. The number of amides is 1. The summed E-state index contributed by atoms with van der Waals surface area (Å²) >= 11 is 0. The molecule has 2 saturated heterocycles. The van der Waals surface area contributed by atoms with Crippen LogP contribution >= 0.6 is 0 Å². The van der Waals surface area contributed by atoms with E-state index in [1.165, 1.54) is 0 Å². The highest BCUT2D eigenvalue weighted by Crippen LogP contribution is 2.34. The normalized spacial score (nSPS) is 20.6. The van der Waals surface area contributed by atoms with Gasteiger partial charge < -0.3 is 24.7 Å². The van der Waals surface area contributed by atoms with Gasteiger partial charge in [-0.1, -0.05) is 6.07 Å². The summed E-state index contributed by atoms with van der Waals surface area (Å²) in [5.41, 5.74) is 0.990. The summed E-state index contributed by atoms with van der Waals surface area (Å²) in [4.78, 5) is 36.6. The molecule has 0 radical (unpaired) electrons. The van der Waals surface area contributed by atoms with Crippen LogP contribution in [0.15, 0.2) is 41.1 Å². The Morgan fingerprint density at radius 1 is 1.08 bits per heavy atom. The third-order valence-electron chi connectivity index (χ3n) is 5.52. The summed E-state index contributed by atoms with van der Waals surface area (Å²) in [7, 11) is 0. The number of alkyl halides is 6. The zero-order valence-corrected chi connectivity index (χ0v) is 20.3. The predicted molar refractivity (Wildman–Crippen MR) is 119 cm³/mol. The molecule has 2 aromatic heterocycles. The number of likely N-dealkylation sites (tertiary alicyclic amines) is 1. The van der Waals surface area contributed by atoms with Crippen molar-refractivity contribution in [2.75, 3.05) is 6.54 Å². The quantitative estimate of drug-likeness (QED) is 0.463. The number of ether oxygens (including phenoxy) is 1. The van der Waals surface area contributed by atoms with Gasteiger partial charge in [0.15, 0.2) is 0 Å². The van der Waals surface area contributed by atoms with E-state index in [2.05, 4.69) is 15.2 Å². The van der Waals surface area contributed by atoms with E-state index in [1.807, 2.05) is 31.2 Å². The van der Waals surface area contributed by atoms with Gasteiger partial charge in [-0.2, -0.15) is 26.3 Å². The molecule has 4 rings (SSSR count). The Bertz CT molecular complexity index is 1080. The molecule has 0 aromatic carbocycles. The summed E-state index contributed by atoms with van der Waals surface area (Å²) in [6.45, 7) is 4.20. The van der Waals surface area contributed by atoms with Crippen LogP contribution in [-0.2, 0) is 32.2 Å². The number of nitrogens with zero attached hydrogens (tertiary/aromatic N) is 2. The number of aryl methyl sites for hydroxylation is 1. The summed E-state index contributed by atoms with van der Waals surface area (Å²) in [6, 6.07) is 8.12. The fraction of sp³-hybridized carbons (Fsp3) is 0.478. The number of hydrogen-bond acceptors (Lipinski definition) is 7. The van der Waals surface area contributed by atoms with E-state index >= 15 is 0 Å². The molecule has 0 spiro atoms. The predicted octanol–water partition coefficient (Wildman–Crippen LogP) is 3.30. The van der Waals surface area contributed by atoms with Gasteiger partial charge in [0.1, 0.15) is 17.6 Å². The van der Waals surface area contributed by atoms with Crippen molar-refractivity contribution in [3.63, 3.8) is 0 Å². The van der Waals surface area contributed by atoms with E-state index in [4.69, 9.17) is 29.0 Å². The van der Waals surface area contributed by atoms with Crippen molar-refractivity contribution in [2.45, 2.75) is 63.5 Å². The molecule has 10 nitrogen and oxygen atoms in total. The van der Waals surface area contributed by atoms with Crippen molar-refractivity contribution in [1.82, 2.24) is 15.2 Å². The second-order valence-corrected chi connectivity index (χ2v) is 8.42. The van der Waals surface area contributed by atoms with Crippen molar-refractivity contribution in [3.8, 4) is 0 Å². The van der Waals surface area contributed by atoms with Gasteiger partial charge >= 0.3 is 24.3 Å². The number of furan rings is 1. The zero-order valence-electron chi connectivity index (χ0n) is 20.3. The Morgan fingerprint density at radius 2 is 1.69 bits per heavy atom. The molecule has 2 aliphatic heterocycles. The second-order valence-electron chi connectivity index (χ2n) is 8.42. The van der Waals surface area contributed by atoms with Crippen molar-refractivity contribution in [1.29, 1.82) is 0 Å². The van der Waals surface area contributed by atoms with Crippen molar-refractivity contribution in [2.24, 2.45) is 0 Å². The first-order chi connectivity index (χ1) is 18.1. The van der Waals surface area contributed by atoms with Crippen LogP contribution in [-0.4, -0.2) is 75.1 Å². The number of pyridine rings is 1.